The molecule has 1 fully saturated rings. The van der Waals surface area contributed by atoms with Gasteiger partial charge in [-0.3, -0.25) is 0 Å². The third kappa shape index (κ3) is 2.35. The van der Waals surface area contributed by atoms with Crippen LogP contribution in [0.4, 0.5) is 0 Å². The van der Waals surface area contributed by atoms with E-state index in [1.54, 1.807) is 7.11 Å². The van der Waals surface area contributed by atoms with Crippen molar-refractivity contribution in [3.63, 3.8) is 0 Å². The first-order chi connectivity index (χ1) is 7.31. The van der Waals surface area contributed by atoms with Gasteiger partial charge in [0.15, 0.2) is 5.82 Å². The monoisotopic (exact) mass is 211 g/mol. The molecule has 0 saturated carbocycles. The minimum absolute atomic E-state index is 0.357. The summed E-state index contributed by atoms with van der Waals surface area (Å²) in [5.41, 5.74) is 0. The molecule has 0 bridgehead atoms. The fourth-order valence-corrected chi connectivity index (χ4v) is 1.61. The van der Waals surface area contributed by atoms with Crippen molar-refractivity contribution in [1.82, 2.24) is 15.5 Å². The Labute approximate surface area is 89.2 Å². The molecule has 1 saturated heterocycles. The van der Waals surface area contributed by atoms with Crippen molar-refractivity contribution in [3.8, 4) is 0 Å². The Bertz CT molecular complexity index is 309. The van der Waals surface area contributed by atoms with Gasteiger partial charge in [0.2, 0.25) is 5.89 Å². The molecule has 0 spiro atoms. The van der Waals surface area contributed by atoms with Crippen LogP contribution in [0.15, 0.2) is 4.52 Å². The predicted molar refractivity (Wildman–Crippen MR) is 54.7 cm³/mol. The minimum atomic E-state index is 0.357. The number of aromatic nitrogens is 2. The standard InChI is InChI=1S/C10H17N3O2/c1-7(8-5-11-6-8)10-12-9(13-15-10)3-4-14-2/h7-8,11H,3-6H2,1-2H3. The van der Waals surface area contributed by atoms with Crippen molar-refractivity contribution in [2.24, 2.45) is 5.92 Å². The molecular formula is C10H17N3O2. The molecular weight excluding hydrogens is 194 g/mol. The second kappa shape index (κ2) is 4.72. The Morgan fingerprint density at radius 1 is 1.60 bits per heavy atom. The molecule has 1 aliphatic rings. The van der Waals surface area contributed by atoms with Crippen LogP contribution in [0.1, 0.15) is 24.6 Å². The van der Waals surface area contributed by atoms with E-state index in [-0.39, 0.29) is 0 Å². The van der Waals surface area contributed by atoms with Gasteiger partial charge in [-0.05, 0) is 19.0 Å². The van der Waals surface area contributed by atoms with Crippen molar-refractivity contribution in [2.75, 3.05) is 26.8 Å². The van der Waals surface area contributed by atoms with Gasteiger partial charge in [-0.15, -0.1) is 0 Å². The largest absolute Gasteiger partial charge is 0.384 e. The highest BCUT2D eigenvalue weighted by Crippen LogP contribution is 2.25. The highest BCUT2D eigenvalue weighted by molar-refractivity contribution is 4.98. The van der Waals surface area contributed by atoms with Gasteiger partial charge in [-0.1, -0.05) is 12.1 Å². The molecule has 1 aromatic heterocycles. The molecule has 0 amide bonds. The maximum absolute atomic E-state index is 5.24. The van der Waals surface area contributed by atoms with Gasteiger partial charge in [0.1, 0.15) is 0 Å². The lowest BCUT2D eigenvalue weighted by Gasteiger charge is -2.30. The summed E-state index contributed by atoms with van der Waals surface area (Å²) in [6.07, 6.45) is 0.718. The second-order valence-electron chi connectivity index (χ2n) is 4.00. The molecule has 2 heterocycles. The summed E-state index contributed by atoms with van der Waals surface area (Å²) in [4.78, 5) is 4.37. The van der Waals surface area contributed by atoms with Gasteiger partial charge >= 0.3 is 0 Å². The molecule has 1 unspecified atom stereocenters. The van der Waals surface area contributed by atoms with Crippen LogP contribution in [0.2, 0.25) is 0 Å². The van der Waals surface area contributed by atoms with Crippen LogP contribution in [-0.4, -0.2) is 36.9 Å². The lowest BCUT2D eigenvalue weighted by Crippen LogP contribution is -2.44. The van der Waals surface area contributed by atoms with Crippen molar-refractivity contribution in [2.45, 2.75) is 19.3 Å². The van der Waals surface area contributed by atoms with Gasteiger partial charge in [0.25, 0.3) is 0 Å². The summed E-state index contributed by atoms with van der Waals surface area (Å²) < 4.78 is 10.2. The maximum Gasteiger partial charge on any atom is 0.229 e. The normalized spacial score (nSPS) is 18.8. The Kier molecular flexibility index (Phi) is 3.33. The number of nitrogens with zero attached hydrogens (tertiary/aromatic N) is 2. The fourth-order valence-electron chi connectivity index (χ4n) is 1.61. The first-order valence-electron chi connectivity index (χ1n) is 5.33. The summed E-state index contributed by atoms with van der Waals surface area (Å²) in [5, 5.41) is 7.17. The van der Waals surface area contributed by atoms with E-state index in [0.29, 0.717) is 18.4 Å². The molecule has 84 valence electrons. The molecule has 1 N–H and O–H groups in total. The van der Waals surface area contributed by atoms with E-state index < -0.39 is 0 Å². The molecule has 0 aromatic carbocycles. The summed E-state index contributed by atoms with van der Waals surface area (Å²) in [6, 6.07) is 0. The first-order valence-corrected chi connectivity index (χ1v) is 5.33. The number of hydrogen-bond acceptors (Lipinski definition) is 5. The number of nitrogens with one attached hydrogen (secondary N) is 1. The van der Waals surface area contributed by atoms with E-state index in [9.17, 15) is 0 Å². The van der Waals surface area contributed by atoms with Crippen LogP contribution in [0.3, 0.4) is 0 Å². The molecule has 1 aromatic rings. The third-order valence-electron chi connectivity index (χ3n) is 2.92. The van der Waals surface area contributed by atoms with E-state index in [0.717, 1.165) is 31.2 Å². The van der Waals surface area contributed by atoms with Crippen molar-refractivity contribution in [3.05, 3.63) is 11.7 Å². The second-order valence-corrected chi connectivity index (χ2v) is 4.00. The lowest BCUT2D eigenvalue weighted by atomic mass is 9.89. The Morgan fingerprint density at radius 3 is 3.00 bits per heavy atom. The average molecular weight is 211 g/mol. The Hall–Kier alpha value is -0.940. The number of methoxy groups -OCH3 is 1. The van der Waals surface area contributed by atoms with E-state index >= 15 is 0 Å². The molecule has 0 radical (unpaired) electrons. The minimum Gasteiger partial charge on any atom is -0.384 e. The number of rotatable bonds is 5. The van der Waals surface area contributed by atoms with Crippen LogP contribution in [0.5, 0.6) is 0 Å². The van der Waals surface area contributed by atoms with E-state index in [4.69, 9.17) is 9.26 Å². The van der Waals surface area contributed by atoms with Crippen LogP contribution in [0.25, 0.3) is 0 Å². The highest BCUT2D eigenvalue weighted by atomic mass is 16.5. The Morgan fingerprint density at radius 2 is 2.40 bits per heavy atom. The van der Waals surface area contributed by atoms with Crippen LogP contribution >= 0.6 is 0 Å². The van der Waals surface area contributed by atoms with Gasteiger partial charge in [-0.25, -0.2) is 0 Å². The van der Waals surface area contributed by atoms with Gasteiger partial charge in [0, 0.05) is 19.4 Å². The fraction of sp³-hybridized carbons (Fsp3) is 0.800. The zero-order valence-corrected chi connectivity index (χ0v) is 9.19. The summed E-state index contributed by atoms with van der Waals surface area (Å²) in [5.74, 6) is 2.49. The van der Waals surface area contributed by atoms with E-state index in [1.165, 1.54) is 0 Å². The summed E-state index contributed by atoms with van der Waals surface area (Å²) in [7, 11) is 1.67. The quantitative estimate of drug-likeness (QED) is 0.772. The van der Waals surface area contributed by atoms with Crippen molar-refractivity contribution >= 4 is 0 Å². The number of hydrogen-bond donors (Lipinski definition) is 1. The first kappa shape index (κ1) is 10.6. The maximum atomic E-state index is 5.24. The smallest absolute Gasteiger partial charge is 0.229 e. The predicted octanol–water partition coefficient (Wildman–Crippen LogP) is 0.581. The van der Waals surface area contributed by atoms with Gasteiger partial charge < -0.3 is 14.6 Å². The highest BCUT2D eigenvalue weighted by Gasteiger charge is 2.28. The molecule has 1 aliphatic heterocycles. The zero-order chi connectivity index (χ0) is 10.7. The van der Waals surface area contributed by atoms with Crippen LogP contribution < -0.4 is 5.32 Å². The van der Waals surface area contributed by atoms with Crippen LogP contribution in [0, 0.1) is 5.92 Å². The van der Waals surface area contributed by atoms with Gasteiger partial charge in [0.05, 0.1) is 6.61 Å². The Balaban J connectivity index is 1.93. The SMILES string of the molecule is COCCc1noc(C(C)C2CNC2)n1. The van der Waals surface area contributed by atoms with E-state index in [1.807, 2.05) is 0 Å². The topological polar surface area (TPSA) is 60.2 Å². The van der Waals surface area contributed by atoms with Crippen molar-refractivity contribution < 1.29 is 9.26 Å². The van der Waals surface area contributed by atoms with E-state index in [2.05, 4.69) is 22.4 Å². The third-order valence-corrected chi connectivity index (χ3v) is 2.92. The molecule has 2 rings (SSSR count). The molecule has 5 heteroatoms. The molecule has 1 atom stereocenters. The number of ether oxygens (including phenoxy) is 1. The molecule has 15 heavy (non-hydrogen) atoms. The van der Waals surface area contributed by atoms with Gasteiger partial charge in [-0.2, -0.15) is 4.98 Å². The molecule has 5 nitrogen and oxygen atoms in total. The molecule has 0 aliphatic carbocycles. The zero-order valence-electron chi connectivity index (χ0n) is 9.19. The lowest BCUT2D eigenvalue weighted by molar-refractivity contribution is 0.199. The van der Waals surface area contributed by atoms with Crippen molar-refractivity contribution in [1.29, 1.82) is 0 Å². The average Bonchev–Trinajstić information content (AvgIpc) is 2.60. The summed E-state index contributed by atoms with van der Waals surface area (Å²) >= 11 is 0. The summed E-state index contributed by atoms with van der Waals surface area (Å²) in [6.45, 7) is 4.88. The van der Waals surface area contributed by atoms with Crippen LogP contribution in [-0.2, 0) is 11.2 Å².